The van der Waals surface area contributed by atoms with Crippen LogP contribution in [0.3, 0.4) is 0 Å². The zero-order valence-corrected chi connectivity index (χ0v) is 9.22. The van der Waals surface area contributed by atoms with Gasteiger partial charge in [0.1, 0.15) is 5.82 Å². The van der Waals surface area contributed by atoms with E-state index in [1.165, 1.54) is 18.2 Å². The molecule has 0 aliphatic carbocycles. The lowest BCUT2D eigenvalue weighted by atomic mass is 10.2. The molecule has 0 bridgehead atoms. The van der Waals surface area contributed by atoms with Gasteiger partial charge in [-0.25, -0.2) is 4.39 Å². The Bertz CT molecular complexity index is 392. The second kappa shape index (κ2) is 4.98. The molecule has 0 heterocycles. The highest BCUT2D eigenvalue weighted by molar-refractivity contribution is 7.80. The molecule has 0 aliphatic heterocycles. The van der Waals surface area contributed by atoms with E-state index in [1.807, 2.05) is 0 Å². The first-order chi connectivity index (χ1) is 7.04. The summed E-state index contributed by atoms with van der Waals surface area (Å²) in [5.74, 6) is -0.704. The van der Waals surface area contributed by atoms with Crippen LogP contribution in [0.4, 0.5) is 4.39 Å². The maximum Gasteiger partial charge on any atom is 0.251 e. The Hall–Kier alpha value is -1.29. The van der Waals surface area contributed by atoms with Gasteiger partial charge in [0.25, 0.3) is 5.91 Å². The quantitative estimate of drug-likeness (QED) is 0.600. The van der Waals surface area contributed by atoms with E-state index in [2.05, 4.69) is 24.5 Å². The van der Waals surface area contributed by atoms with Crippen molar-refractivity contribution in [1.29, 1.82) is 0 Å². The molecule has 0 radical (unpaired) electrons. The first kappa shape index (κ1) is 11.8. The summed E-state index contributed by atoms with van der Waals surface area (Å²) in [6.07, 6.45) is 1.61. The van der Waals surface area contributed by atoms with Gasteiger partial charge in [-0.05, 0) is 25.1 Å². The number of amides is 1. The molecule has 1 amide bonds. The molecule has 1 unspecified atom stereocenters. The van der Waals surface area contributed by atoms with Crippen LogP contribution in [-0.2, 0) is 0 Å². The van der Waals surface area contributed by atoms with Crippen molar-refractivity contribution in [3.63, 3.8) is 0 Å². The van der Waals surface area contributed by atoms with Gasteiger partial charge in [0, 0.05) is 16.5 Å². The van der Waals surface area contributed by atoms with E-state index in [1.54, 1.807) is 13.0 Å². The Morgan fingerprint density at radius 2 is 2.33 bits per heavy atom. The largest absolute Gasteiger partial charge is 0.346 e. The van der Waals surface area contributed by atoms with Crippen LogP contribution in [0.15, 0.2) is 35.7 Å². The lowest BCUT2D eigenvalue weighted by Crippen LogP contribution is -2.30. The smallest absolute Gasteiger partial charge is 0.251 e. The minimum atomic E-state index is -0.438. The standard InChI is InChI=1S/C11H12FNOS/c1-3-7(2)13-11(14)8-4-5-9(12)10(15)6-8/h3-7,15H,1H2,2H3,(H,13,14). The molecule has 15 heavy (non-hydrogen) atoms. The number of nitrogens with one attached hydrogen (secondary N) is 1. The fourth-order valence-electron chi connectivity index (χ4n) is 1.00. The molecule has 1 atom stereocenters. The van der Waals surface area contributed by atoms with E-state index in [9.17, 15) is 9.18 Å². The Morgan fingerprint density at radius 3 is 2.87 bits per heavy atom. The third-order valence-corrected chi connectivity index (χ3v) is 2.26. The number of carbonyl (C=O) groups is 1. The van der Waals surface area contributed by atoms with Crippen LogP contribution in [0.5, 0.6) is 0 Å². The molecule has 1 aromatic rings. The first-order valence-corrected chi connectivity index (χ1v) is 4.91. The van der Waals surface area contributed by atoms with Gasteiger partial charge in [0.05, 0.1) is 0 Å². The predicted octanol–water partition coefficient (Wildman–Crippen LogP) is 2.42. The summed E-state index contributed by atoms with van der Waals surface area (Å²) in [5.41, 5.74) is 0.384. The second-order valence-corrected chi connectivity index (χ2v) is 3.65. The normalized spacial score (nSPS) is 11.9. The Morgan fingerprint density at radius 1 is 1.67 bits per heavy atom. The van der Waals surface area contributed by atoms with Crippen LogP contribution in [-0.4, -0.2) is 11.9 Å². The summed E-state index contributed by atoms with van der Waals surface area (Å²) in [6, 6.07) is 3.91. The monoisotopic (exact) mass is 225 g/mol. The van der Waals surface area contributed by atoms with Crippen molar-refractivity contribution in [2.75, 3.05) is 0 Å². The molecule has 2 nitrogen and oxygen atoms in total. The average Bonchev–Trinajstić information content (AvgIpc) is 2.21. The van der Waals surface area contributed by atoms with Crippen molar-refractivity contribution in [1.82, 2.24) is 5.32 Å². The van der Waals surface area contributed by atoms with Crippen LogP contribution in [0, 0.1) is 5.82 Å². The number of hydrogen-bond donors (Lipinski definition) is 2. The van der Waals surface area contributed by atoms with E-state index in [-0.39, 0.29) is 16.8 Å². The fraction of sp³-hybridized carbons (Fsp3) is 0.182. The molecule has 1 aromatic carbocycles. The van der Waals surface area contributed by atoms with E-state index < -0.39 is 5.82 Å². The number of halogens is 1. The molecule has 0 aromatic heterocycles. The summed E-state index contributed by atoms with van der Waals surface area (Å²) in [7, 11) is 0. The van der Waals surface area contributed by atoms with Gasteiger partial charge in [0.2, 0.25) is 0 Å². The predicted molar refractivity (Wildman–Crippen MR) is 60.8 cm³/mol. The van der Waals surface area contributed by atoms with Gasteiger partial charge in [-0.2, -0.15) is 0 Å². The molecule has 0 saturated heterocycles. The summed E-state index contributed by atoms with van der Waals surface area (Å²) in [4.78, 5) is 11.7. The SMILES string of the molecule is C=CC(C)NC(=O)c1ccc(F)c(S)c1. The lowest BCUT2D eigenvalue weighted by molar-refractivity contribution is 0.0946. The molecule has 1 N–H and O–H groups in total. The maximum atomic E-state index is 12.9. The van der Waals surface area contributed by atoms with Crippen LogP contribution in [0.25, 0.3) is 0 Å². The van der Waals surface area contributed by atoms with E-state index >= 15 is 0 Å². The van der Waals surface area contributed by atoms with Crippen molar-refractivity contribution in [3.8, 4) is 0 Å². The minimum absolute atomic E-state index is 0.120. The van der Waals surface area contributed by atoms with Gasteiger partial charge in [-0.1, -0.05) is 6.08 Å². The molecular weight excluding hydrogens is 213 g/mol. The van der Waals surface area contributed by atoms with Gasteiger partial charge in [-0.3, -0.25) is 4.79 Å². The molecule has 80 valence electrons. The summed E-state index contributed by atoms with van der Waals surface area (Å²) >= 11 is 3.90. The van der Waals surface area contributed by atoms with E-state index in [0.29, 0.717) is 5.56 Å². The molecule has 0 fully saturated rings. The first-order valence-electron chi connectivity index (χ1n) is 4.46. The zero-order chi connectivity index (χ0) is 11.4. The summed E-state index contributed by atoms with van der Waals surface area (Å²) in [5, 5.41) is 2.68. The fourth-order valence-corrected chi connectivity index (χ4v) is 1.22. The second-order valence-electron chi connectivity index (χ2n) is 3.16. The number of carbonyl (C=O) groups excluding carboxylic acids is 1. The molecule has 0 spiro atoms. The highest BCUT2D eigenvalue weighted by atomic mass is 32.1. The van der Waals surface area contributed by atoms with Gasteiger partial charge >= 0.3 is 0 Å². The van der Waals surface area contributed by atoms with Crippen molar-refractivity contribution >= 4 is 18.5 Å². The van der Waals surface area contributed by atoms with Crippen LogP contribution in [0.1, 0.15) is 17.3 Å². The topological polar surface area (TPSA) is 29.1 Å². The zero-order valence-electron chi connectivity index (χ0n) is 8.33. The number of thiol groups is 1. The summed E-state index contributed by atoms with van der Waals surface area (Å²) < 4.78 is 12.9. The number of benzene rings is 1. The van der Waals surface area contributed by atoms with Crippen molar-refractivity contribution in [2.24, 2.45) is 0 Å². The average molecular weight is 225 g/mol. The third-order valence-electron chi connectivity index (χ3n) is 1.92. The Labute approximate surface area is 93.6 Å². The van der Waals surface area contributed by atoms with Crippen LogP contribution < -0.4 is 5.32 Å². The van der Waals surface area contributed by atoms with Crippen LogP contribution >= 0.6 is 12.6 Å². The number of rotatable bonds is 3. The molecule has 0 saturated carbocycles. The van der Waals surface area contributed by atoms with Crippen molar-refractivity contribution < 1.29 is 9.18 Å². The highest BCUT2D eigenvalue weighted by Gasteiger charge is 2.09. The minimum Gasteiger partial charge on any atom is -0.346 e. The number of hydrogen-bond acceptors (Lipinski definition) is 2. The maximum absolute atomic E-state index is 12.9. The van der Waals surface area contributed by atoms with Crippen molar-refractivity contribution in [3.05, 3.63) is 42.2 Å². The lowest BCUT2D eigenvalue weighted by Gasteiger charge is -2.09. The van der Waals surface area contributed by atoms with Gasteiger partial charge < -0.3 is 5.32 Å². The third kappa shape index (κ3) is 3.09. The molecule has 0 aliphatic rings. The van der Waals surface area contributed by atoms with E-state index in [0.717, 1.165) is 0 Å². The molecule has 1 rings (SSSR count). The Balaban J connectivity index is 2.83. The highest BCUT2D eigenvalue weighted by Crippen LogP contribution is 2.14. The van der Waals surface area contributed by atoms with Gasteiger partial charge in [-0.15, -0.1) is 19.2 Å². The van der Waals surface area contributed by atoms with Gasteiger partial charge in [0.15, 0.2) is 0 Å². The Kier molecular flexibility index (Phi) is 3.91. The molecular formula is C11H12FNOS. The van der Waals surface area contributed by atoms with Crippen molar-refractivity contribution in [2.45, 2.75) is 17.9 Å². The van der Waals surface area contributed by atoms with E-state index in [4.69, 9.17) is 0 Å². The van der Waals surface area contributed by atoms with Crippen LogP contribution in [0.2, 0.25) is 0 Å². The summed E-state index contributed by atoms with van der Waals surface area (Å²) in [6.45, 7) is 5.35. The molecule has 4 heteroatoms.